The van der Waals surface area contributed by atoms with Gasteiger partial charge in [0.1, 0.15) is 12.1 Å². The second-order valence-electron chi connectivity index (χ2n) is 5.64. The number of nitrogens with two attached hydrogens (primary N) is 1. The minimum atomic E-state index is -4.23. The van der Waals surface area contributed by atoms with Crippen molar-refractivity contribution in [2.75, 3.05) is 32.7 Å². The maximum Gasteiger partial charge on any atom is 0.403 e. The van der Waals surface area contributed by atoms with Crippen molar-refractivity contribution in [3.63, 3.8) is 0 Å². The van der Waals surface area contributed by atoms with E-state index in [0.717, 1.165) is 13.3 Å². The van der Waals surface area contributed by atoms with Gasteiger partial charge in [0.15, 0.2) is 0 Å². The van der Waals surface area contributed by atoms with E-state index in [-0.39, 0.29) is 49.9 Å². The van der Waals surface area contributed by atoms with E-state index in [4.69, 9.17) is 10.5 Å². The molecule has 3 atom stereocenters. The molecule has 23 heavy (non-hydrogen) atoms. The van der Waals surface area contributed by atoms with Crippen LogP contribution in [0.2, 0.25) is 0 Å². The van der Waals surface area contributed by atoms with Crippen LogP contribution in [0.4, 0.5) is 13.2 Å². The van der Waals surface area contributed by atoms with Crippen LogP contribution < -0.4 is 5.73 Å². The molecule has 2 heterocycles. The topological polar surface area (TPSA) is 58.8 Å². The first kappa shape index (κ1) is 22.7. The molecule has 0 saturated carbocycles. The zero-order valence-corrected chi connectivity index (χ0v) is 14.6. The molecule has 1 amide bonds. The van der Waals surface area contributed by atoms with Crippen LogP contribution in [0.1, 0.15) is 19.8 Å². The predicted molar refractivity (Wildman–Crippen MR) is 85.1 cm³/mol. The fraction of sp³-hybridized carbons (Fsp3) is 0.923. The van der Waals surface area contributed by atoms with E-state index in [1.807, 2.05) is 0 Å². The molecule has 0 aromatic rings. The summed E-state index contributed by atoms with van der Waals surface area (Å²) in [5.41, 5.74) is 5.50. The van der Waals surface area contributed by atoms with Crippen LogP contribution in [0.5, 0.6) is 0 Å². The van der Waals surface area contributed by atoms with Gasteiger partial charge < -0.3 is 15.4 Å². The van der Waals surface area contributed by atoms with Gasteiger partial charge in [-0.15, -0.1) is 24.8 Å². The highest BCUT2D eigenvalue weighted by Gasteiger charge is 2.42. The van der Waals surface area contributed by atoms with E-state index in [2.05, 4.69) is 0 Å². The Labute approximate surface area is 146 Å². The Bertz CT molecular complexity index is 380. The maximum absolute atomic E-state index is 12.7. The molecule has 1 unspecified atom stereocenters. The van der Waals surface area contributed by atoms with Crippen LogP contribution in [0.3, 0.4) is 0 Å². The van der Waals surface area contributed by atoms with Gasteiger partial charge in [0.05, 0.1) is 6.10 Å². The van der Waals surface area contributed by atoms with Gasteiger partial charge in [0.25, 0.3) is 5.91 Å². The minimum Gasteiger partial charge on any atom is -0.364 e. The van der Waals surface area contributed by atoms with E-state index < -0.39 is 18.3 Å². The third-order valence-corrected chi connectivity index (χ3v) is 4.29. The Hall–Kier alpha value is -0.280. The SMILES string of the molecule is CC(N1CCN(C(=O)[C@@H]2CC[C@H](CN)O2)CC1)C(F)(F)F.Cl.Cl. The van der Waals surface area contributed by atoms with Crippen molar-refractivity contribution in [3.8, 4) is 0 Å². The summed E-state index contributed by atoms with van der Waals surface area (Å²) in [5, 5.41) is 0. The number of nitrogens with zero attached hydrogens (tertiary/aromatic N) is 2. The van der Waals surface area contributed by atoms with Crippen molar-refractivity contribution in [1.82, 2.24) is 9.80 Å². The summed E-state index contributed by atoms with van der Waals surface area (Å²) in [4.78, 5) is 15.2. The van der Waals surface area contributed by atoms with Crippen LogP contribution in [-0.2, 0) is 9.53 Å². The van der Waals surface area contributed by atoms with Crippen LogP contribution in [0.15, 0.2) is 0 Å². The molecule has 0 spiro atoms. The first-order chi connectivity index (χ1) is 9.82. The molecule has 0 radical (unpaired) electrons. The number of carbonyl (C=O) groups is 1. The molecule has 2 N–H and O–H groups in total. The summed E-state index contributed by atoms with van der Waals surface area (Å²) in [6, 6.07) is -1.47. The first-order valence-corrected chi connectivity index (χ1v) is 7.28. The lowest BCUT2D eigenvalue weighted by Gasteiger charge is -2.39. The number of hydrogen-bond acceptors (Lipinski definition) is 4. The average Bonchev–Trinajstić information content (AvgIpc) is 2.94. The van der Waals surface area contributed by atoms with Gasteiger partial charge in [-0.1, -0.05) is 0 Å². The third-order valence-electron chi connectivity index (χ3n) is 4.29. The zero-order valence-electron chi connectivity index (χ0n) is 12.9. The van der Waals surface area contributed by atoms with Crippen molar-refractivity contribution < 1.29 is 22.7 Å². The minimum absolute atomic E-state index is 0. The van der Waals surface area contributed by atoms with Gasteiger partial charge in [-0.3, -0.25) is 9.69 Å². The number of amides is 1. The van der Waals surface area contributed by atoms with Gasteiger partial charge in [0.2, 0.25) is 0 Å². The number of alkyl halides is 3. The van der Waals surface area contributed by atoms with Crippen molar-refractivity contribution in [2.24, 2.45) is 5.73 Å². The fourth-order valence-electron chi connectivity index (χ4n) is 2.80. The molecule has 0 aromatic heterocycles. The number of halogens is 5. The second kappa shape index (κ2) is 9.27. The molecule has 10 heteroatoms. The van der Waals surface area contributed by atoms with Crippen molar-refractivity contribution in [1.29, 1.82) is 0 Å². The largest absolute Gasteiger partial charge is 0.403 e. The van der Waals surface area contributed by atoms with Gasteiger partial charge in [-0.2, -0.15) is 13.2 Å². The average molecular weight is 382 g/mol. The Morgan fingerprint density at radius 1 is 1.22 bits per heavy atom. The van der Waals surface area contributed by atoms with Crippen molar-refractivity contribution in [2.45, 2.75) is 44.2 Å². The van der Waals surface area contributed by atoms with E-state index in [0.29, 0.717) is 26.1 Å². The Morgan fingerprint density at radius 2 is 1.78 bits per heavy atom. The smallest absolute Gasteiger partial charge is 0.364 e. The number of hydrogen-bond donors (Lipinski definition) is 1. The third kappa shape index (κ3) is 5.63. The van der Waals surface area contributed by atoms with Crippen LogP contribution in [0, 0.1) is 0 Å². The Morgan fingerprint density at radius 3 is 2.22 bits per heavy atom. The molecule has 0 aromatic carbocycles. The summed E-state index contributed by atoms with van der Waals surface area (Å²) in [6.07, 6.45) is -3.39. The van der Waals surface area contributed by atoms with Gasteiger partial charge in [0, 0.05) is 32.7 Å². The normalized spacial score (nSPS) is 27.1. The van der Waals surface area contributed by atoms with E-state index >= 15 is 0 Å². The quantitative estimate of drug-likeness (QED) is 0.803. The van der Waals surface area contributed by atoms with E-state index in [9.17, 15) is 18.0 Å². The molecule has 138 valence electrons. The molecule has 2 aliphatic rings. The maximum atomic E-state index is 12.7. The molecule has 0 aliphatic carbocycles. The lowest BCUT2D eigenvalue weighted by atomic mass is 10.1. The first-order valence-electron chi connectivity index (χ1n) is 7.28. The second-order valence-corrected chi connectivity index (χ2v) is 5.64. The van der Waals surface area contributed by atoms with Crippen LogP contribution in [0.25, 0.3) is 0 Å². The molecule has 2 rings (SSSR count). The van der Waals surface area contributed by atoms with E-state index in [1.165, 1.54) is 4.90 Å². The fourth-order valence-corrected chi connectivity index (χ4v) is 2.80. The van der Waals surface area contributed by atoms with Gasteiger partial charge >= 0.3 is 6.18 Å². The highest BCUT2D eigenvalue weighted by molar-refractivity contribution is 5.85. The molecule has 5 nitrogen and oxygen atoms in total. The number of carbonyl (C=O) groups excluding carboxylic acids is 1. The predicted octanol–water partition coefficient (Wildman–Crippen LogP) is 1.43. The molecular formula is C13H24Cl2F3N3O2. The molecule has 0 bridgehead atoms. The van der Waals surface area contributed by atoms with E-state index in [1.54, 1.807) is 4.90 Å². The van der Waals surface area contributed by atoms with Crippen LogP contribution >= 0.6 is 24.8 Å². The highest BCUT2D eigenvalue weighted by atomic mass is 35.5. The zero-order chi connectivity index (χ0) is 15.6. The molecule has 2 fully saturated rings. The summed E-state index contributed by atoms with van der Waals surface area (Å²) in [7, 11) is 0. The van der Waals surface area contributed by atoms with Crippen LogP contribution in [-0.4, -0.2) is 72.9 Å². The molecule has 2 aliphatic heterocycles. The van der Waals surface area contributed by atoms with Crippen molar-refractivity contribution >= 4 is 30.7 Å². The molecule has 2 saturated heterocycles. The lowest BCUT2D eigenvalue weighted by Crippen LogP contribution is -2.56. The monoisotopic (exact) mass is 381 g/mol. The number of piperazine rings is 1. The number of ether oxygens (including phenoxy) is 1. The molecular weight excluding hydrogens is 358 g/mol. The lowest BCUT2D eigenvalue weighted by molar-refractivity contribution is -0.183. The number of rotatable bonds is 3. The van der Waals surface area contributed by atoms with Gasteiger partial charge in [-0.05, 0) is 19.8 Å². The van der Waals surface area contributed by atoms with Crippen molar-refractivity contribution in [3.05, 3.63) is 0 Å². The highest BCUT2D eigenvalue weighted by Crippen LogP contribution is 2.26. The summed E-state index contributed by atoms with van der Waals surface area (Å²) in [6.45, 7) is 2.64. The summed E-state index contributed by atoms with van der Waals surface area (Å²) >= 11 is 0. The van der Waals surface area contributed by atoms with Gasteiger partial charge in [-0.25, -0.2) is 0 Å². The standard InChI is InChI=1S/C13H22F3N3O2.2ClH/c1-9(13(14,15)16)18-4-6-19(7-5-18)12(20)11-3-2-10(8-17)21-11;;/h9-11H,2-8,17H2,1H3;2*1H/t9?,10-,11+;;/m1../s1. The summed E-state index contributed by atoms with van der Waals surface area (Å²) < 4.78 is 43.5. The Balaban J connectivity index is 0.00000242. The Kier molecular flexibility index (Phi) is 9.15. The summed E-state index contributed by atoms with van der Waals surface area (Å²) in [5.74, 6) is -0.120.